The molecule has 1 aromatic heterocycles. The SMILES string of the molecule is Cc1cc(Nc2cccc(F)c2)nc(Nc2cc(Cl)ccc2Cl)n1. The molecule has 0 atom stereocenters. The number of nitrogens with zero attached hydrogens (tertiary/aromatic N) is 2. The van der Waals surface area contributed by atoms with Crippen LogP contribution in [0.5, 0.6) is 0 Å². The second-order valence-corrected chi connectivity index (χ2v) is 5.95. The Balaban J connectivity index is 1.87. The third kappa shape index (κ3) is 4.13. The van der Waals surface area contributed by atoms with Crippen LogP contribution >= 0.6 is 23.2 Å². The van der Waals surface area contributed by atoms with Gasteiger partial charge >= 0.3 is 0 Å². The Morgan fingerprint density at radius 3 is 2.58 bits per heavy atom. The van der Waals surface area contributed by atoms with Crippen molar-refractivity contribution in [3.05, 3.63) is 70.1 Å². The van der Waals surface area contributed by atoms with E-state index in [1.165, 1.54) is 12.1 Å². The van der Waals surface area contributed by atoms with Gasteiger partial charge in [0, 0.05) is 22.5 Å². The molecule has 0 aliphatic carbocycles. The first-order valence-corrected chi connectivity index (χ1v) is 7.85. The van der Waals surface area contributed by atoms with E-state index in [1.54, 1.807) is 36.4 Å². The van der Waals surface area contributed by atoms with Crippen LogP contribution in [0.4, 0.5) is 27.5 Å². The van der Waals surface area contributed by atoms with Gasteiger partial charge in [0.25, 0.3) is 0 Å². The lowest BCUT2D eigenvalue weighted by atomic mass is 10.3. The molecule has 0 aliphatic rings. The molecule has 122 valence electrons. The highest BCUT2D eigenvalue weighted by Crippen LogP contribution is 2.28. The van der Waals surface area contributed by atoms with Crippen LogP contribution in [0.1, 0.15) is 5.69 Å². The first-order chi connectivity index (χ1) is 11.5. The molecular formula is C17H13Cl2FN4. The number of hydrogen-bond donors (Lipinski definition) is 2. The molecule has 3 rings (SSSR count). The highest BCUT2D eigenvalue weighted by Gasteiger charge is 2.07. The average molecular weight is 363 g/mol. The molecule has 0 unspecified atom stereocenters. The minimum atomic E-state index is -0.324. The largest absolute Gasteiger partial charge is 0.340 e. The average Bonchev–Trinajstić information content (AvgIpc) is 2.50. The molecular weight excluding hydrogens is 350 g/mol. The summed E-state index contributed by atoms with van der Waals surface area (Å²) < 4.78 is 13.3. The van der Waals surface area contributed by atoms with Crippen LogP contribution < -0.4 is 10.6 Å². The topological polar surface area (TPSA) is 49.8 Å². The molecule has 2 N–H and O–H groups in total. The number of rotatable bonds is 4. The quantitative estimate of drug-likeness (QED) is 0.623. The summed E-state index contributed by atoms with van der Waals surface area (Å²) in [5.74, 6) is 0.571. The predicted molar refractivity (Wildman–Crippen MR) is 96.2 cm³/mol. The van der Waals surface area contributed by atoms with Gasteiger partial charge < -0.3 is 10.6 Å². The van der Waals surface area contributed by atoms with Crippen LogP contribution in [0, 0.1) is 12.7 Å². The minimum absolute atomic E-state index is 0.324. The van der Waals surface area contributed by atoms with Crippen LogP contribution in [0.3, 0.4) is 0 Å². The maximum absolute atomic E-state index is 13.3. The molecule has 0 spiro atoms. The Morgan fingerprint density at radius 2 is 1.79 bits per heavy atom. The second kappa shape index (κ2) is 7.03. The van der Waals surface area contributed by atoms with Crippen LogP contribution in [-0.4, -0.2) is 9.97 Å². The Morgan fingerprint density at radius 1 is 0.958 bits per heavy atom. The minimum Gasteiger partial charge on any atom is -0.340 e. The van der Waals surface area contributed by atoms with Crippen molar-refractivity contribution in [3.63, 3.8) is 0 Å². The van der Waals surface area contributed by atoms with Crippen LogP contribution in [0.2, 0.25) is 10.0 Å². The van der Waals surface area contributed by atoms with Gasteiger partial charge in [-0.05, 0) is 43.3 Å². The van der Waals surface area contributed by atoms with E-state index >= 15 is 0 Å². The highest BCUT2D eigenvalue weighted by atomic mass is 35.5. The van der Waals surface area contributed by atoms with Gasteiger partial charge in [0.1, 0.15) is 11.6 Å². The van der Waals surface area contributed by atoms with E-state index < -0.39 is 0 Å². The van der Waals surface area contributed by atoms with Crippen molar-refractivity contribution in [3.8, 4) is 0 Å². The number of benzene rings is 2. The van der Waals surface area contributed by atoms with E-state index in [1.807, 2.05) is 6.92 Å². The lowest BCUT2D eigenvalue weighted by Crippen LogP contribution is -2.02. The predicted octanol–water partition coefficient (Wildman–Crippen LogP) is 5.72. The number of aromatic nitrogens is 2. The molecule has 0 saturated carbocycles. The second-order valence-electron chi connectivity index (χ2n) is 5.10. The molecule has 2 aromatic carbocycles. The van der Waals surface area contributed by atoms with Crippen LogP contribution in [0.15, 0.2) is 48.5 Å². The lowest BCUT2D eigenvalue weighted by molar-refractivity contribution is 0.628. The zero-order valence-electron chi connectivity index (χ0n) is 12.6. The van der Waals surface area contributed by atoms with E-state index in [-0.39, 0.29) is 5.82 Å². The summed E-state index contributed by atoms with van der Waals surface area (Å²) in [4.78, 5) is 8.69. The molecule has 0 saturated heterocycles. The molecule has 0 aliphatic heterocycles. The van der Waals surface area contributed by atoms with E-state index in [0.29, 0.717) is 33.2 Å². The summed E-state index contributed by atoms with van der Waals surface area (Å²) in [5.41, 5.74) is 1.94. The lowest BCUT2D eigenvalue weighted by Gasteiger charge is -2.11. The Kier molecular flexibility index (Phi) is 4.83. The molecule has 0 fully saturated rings. The first-order valence-electron chi connectivity index (χ1n) is 7.10. The van der Waals surface area contributed by atoms with Gasteiger partial charge in [0.2, 0.25) is 5.95 Å². The number of aryl methyl sites for hydroxylation is 1. The summed E-state index contributed by atoms with van der Waals surface area (Å²) in [6.45, 7) is 1.84. The van der Waals surface area contributed by atoms with Gasteiger partial charge in [-0.25, -0.2) is 9.37 Å². The highest BCUT2D eigenvalue weighted by molar-refractivity contribution is 6.35. The van der Waals surface area contributed by atoms with Crippen LogP contribution in [-0.2, 0) is 0 Å². The number of anilines is 4. The number of hydrogen-bond acceptors (Lipinski definition) is 4. The molecule has 24 heavy (non-hydrogen) atoms. The Labute approximate surface area is 148 Å². The van der Waals surface area contributed by atoms with Crippen molar-refractivity contribution in [2.75, 3.05) is 10.6 Å². The summed E-state index contributed by atoms with van der Waals surface area (Å²) in [7, 11) is 0. The number of halogens is 3. The molecule has 0 amide bonds. The fourth-order valence-electron chi connectivity index (χ4n) is 2.12. The van der Waals surface area contributed by atoms with Gasteiger partial charge in [-0.3, -0.25) is 0 Å². The van der Waals surface area contributed by atoms with Gasteiger partial charge in [-0.2, -0.15) is 4.98 Å². The Bertz CT molecular complexity index is 886. The van der Waals surface area contributed by atoms with Crippen molar-refractivity contribution in [2.24, 2.45) is 0 Å². The standard InChI is InChI=1S/C17H13Cl2FN4/c1-10-7-16(22-13-4-2-3-12(20)9-13)24-17(21-10)23-15-8-11(18)5-6-14(15)19/h2-9H,1H3,(H2,21,22,23,24). The fraction of sp³-hybridized carbons (Fsp3) is 0.0588. The van der Waals surface area contributed by atoms with Crippen molar-refractivity contribution < 1.29 is 4.39 Å². The van der Waals surface area contributed by atoms with E-state index in [0.717, 1.165) is 5.69 Å². The summed E-state index contributed by atoms with van der Waals surface area (Å²) in [6.07, 6.45) is 0. The van der Waals surface area contributed by atoms with E-state index in [2.05, 4.69) is 20.6 Å². The zero-order chi connectivity index (χ0) is 17.1. The molecule has 0 bridgehead atoms. The molecule has 7 heteroatoms. The van der Waals surface area contributed by atoms with Crippen molar-refractivity contribution in [1.29, 1.82) is 0 Å². The molecule has 4 nitrogen and oxygen atoms in total. The number of nitrogens with one attached hydrogen (secondary N) is 2. The smallest absolute Gasteiger partial charge is 0.229 e. The zero-order valence-corrected chi connectivity index (χ0v) is 14.2. The summed E-state index contributed by atoms with van der Waals surface area (Å²) >= 11 is 12.1. The maximum Gasteiger partial charge on any atom is 0.229 e. The van der Waals surface area contributed by atoms with Crippen molar-refractivity contribution >= 4 is 46.3 Å². The van der Waals surface area contributed by atoms with Gasteiger partial charge in [-0.1, -0.05) is 29.3 Å². The molecule has 1 heterocycles. The maximum atomic E-state index is 13.3. The first kappa shape index (κ1) is 16.5. The van der Waals surface area contributed by atoms with Crippen LogP contribution in [0.25, 0.3) is 0 Å². The summed E-state index contributed by atoms with van der Waals surface area (Å²) in [6, 6.07) is 13.0. The summed E-state index contributed by atoms with van der Waals surface area (Å²) in [5, 5.41) is 7.14. The van der Waals surface area contributed by atoms with Crippen molar-refractivity contribution in [2.45, 2.75) is 6.92 Å². The fourth-order valence-corrected chi connectivity index (χ4v) is 2.45. The third-order valence-electron chi connectivity index (χ3n) is 3.13. The van der Waals surface area contributed by atoms with Crippen molar-refractivity contribution in [1.82, 2.24) is 9.97 Å². The van der Waals surface area contributed by atoms with Gasteiger partial charge in [-0.15, -0.1) is 0 Å². The van der Waals surface area contributed by atoms with Gasteiger partial charge in [0.15, 0.2) is 0 Å². The third-order valence-corrected chi connectivity index (χ3v) is 3.69. The van der Waals surface area contributed by atoms with E-state index in [4.69, 9.17) is 23.2 Å². The monoisotopic (exact) mass is 362 g/mol. The normalized spacial score (nSPS) is 10.5. The molecule has 3 aromatic rings. The van der Waals surface area contributed by atoms with E-state index in [9.17, 15) is 4.39 Å². The Hall–Kier alpha value is -2.37. The van der Waals surface area contributed by atoms with Gasteiger partial charge in [0.05, 0.1) is 10.7 Å². The molecule has 0 radical (unpaired) electrons.